The maximum absolute atomic E-state index is 11.0. The molecule has 0 radical (unpaired) electrons. The number of aliphatic carboxylic acids is 1. The second-order valence-electron chi connectivity index (χ2n) is 4.46. The van der Waals surface area contributed by atoms with E-state index in [9.17, 15) is 4.79 Å². The van der Waals surface area contributed by atoms with Crippen LogP contribution in [0.15, 0.2) is 21.4 Å². The van der Waals surface area contributed by atoms with E-state index in [1.807, 2.05) is 13.8 Å². The van der Waals surface area contributed by atoms with E-state index in [2.05, 4.69) is 31.5 Å². The third-order valence-electron chi connectivity index (χ3n) is 2.82. The number of hydrogen-bond acceptors (Lipinski definition) is 5. The van der Waals surface area contributed by atoms with Crippen LogP contribution in [-0.4, -0.2) is 31.3 Å². The first kappa shape index (κ1) is 13.7. The monoisotopic (exact) mass is 328 g/mol. The molecule has 19 heavy (non-hydrogen) atoms. The first-order valence-corrected chi connectivity index (χ1v) is 6.53. The Morgan fingerprint density at radius 2 is 2.32 bits per heavy atom. The van der Waals surface area contributed by atoms with E-state index in [0.717, 1.165) is 0 Å². The number of hydrogen-bond donors (Lipinski definition) is 1. The summed E-state index contributed by atoms with van der Waals surface area (Å²) in [5.41, 5.74) is 0.695. The Balaban J connectivity index is 2.42. The molecule has 0 saturated heterocycles. The maximum Gasteiger partial charge on any atom is 0.305 e. The van der Waals surface area contributed by atoms with Crippen molar-refractivity contribution in [1.29, 1.82) is 0 Å². The number of carbonyl (C=O) groups is 1. The maximum atomic E-state index is 11.0. The molecule has 2 aromatic rings. The summed E-state index contributed by atoms with van der Waals surface area (Å²) in [6, 6.07) is 1.41. The van der Waals surface area contributed by atoms with Crippen molar-refractivity contribution in [2.24, 2.45) is 5.92 Å². The van der Waals surface area contributed by atoms with Gasteiger partial charge in [0, 0.05) is 0 Å². The van der Waals surface area contributed by atoms with E-state index >= 15 is 0 Å². The first-order valence-electron chi connectivity index (χ1n) is 5.73. The Morgan fingerprint density at radius 1 is 1.58 bits per heavy atom. The molecule has 102 valence electrons. The molecule has 0 amide bonds. The van der Waals surface area contributed by atoms with Gasteiger partial charge in [0.15, 0.2) is 10.5 Å². The highest BCUT2D eigenvalue weighted by atomic mass is 79.9. The van der Waals surface area contributed by atoms with Crippen molar-refractivity contribution in [3.63, 3.8) is 0 Å². The number of halogens is 1. The fourth-order valence-corrected chi connectivity index (χ4v) is 2.25. The van der Waals surface area contributed by atoms with Crippen LogP contribution < -0.4 is 0 Å². The lowest BCUT2D eigenvalue weighted by Crippen LogP contribution is -2.21. The molecule has 0 spiro atoms. The van der Waals surface area contributed by atoms with Crippen LogP contribution in [0.4, 0.5) is 0 Å². The second kappa shape index (κ2) is 5.52. The lowest BCUT2D eigenvalue weighted by Gasteiger charge is -2.19. The van der Waals surface area contributed by atoms with Crippen LogP contribution in [0.25, 0.3) is 11.4 Å². The fraction of sp³-hybridized carbons (Fsp3) is 0.455. The van der Waals surface area contributed by atoms with Crippen molar-refractivity contribution in [2.75, 3.05) is 0 Å². The molecule has 0 fully saturated rings. The third-order valence-corrected chi connectivity index (χ3v) is 3.43. The Kier molecular flexibility index (Phi) is 3.98. The standard InChI is InChI=1S/C11H13BrN4O3/c1-6(2)8(5-9(17)18)16-11(13-14-15-16)7-3-4-19-10(7)12/h3-4,6,8H,5H2,1-2H3,(H,17,18). The van der Waals surface area contributed by atoms with E-state index in [1.54, 1.807) is 6.07 Å². The van der Waals surface area contributed by atoms with Crippen LogP contribution >= 0.6 is 15.9 Å². The molecule has 0 saturated carbocycles. The van der Waals surface area contributed by atoms with Gasteiger partial charge >= 0.3 is 5.97 Å². The van der Waals surface area contributed by atoms with Crippen molar-refractivity contribution >= 4 is 21.9 Å². The first-order chi connectivity index (χ1) is 9.00. The summed E-state index contributed by atoms with van der Waals surface area (Å²) in [6.45, 7) is 3.87. The number of nitrogens with zero attached hydrogens (tertiary/aromatic N) is 4. The van der Waals surface area contributed by atoms with Crippen molar-refractivity contribution in [2.45, 2.75) is 26.3 Å². The summed E-state index contributed by atoms with van der Waals surface area (Å²) >= 11 is 3.27. The van der Waals surface area contributed by atoms with Crippen molar-refractivity contribution < 1.29 is 14.3 Å². The molecule has 0 aliphatic carbocycles. The minimum absolute atomic E-state index is 0.0365. The predicted molar refractivity (Wildman–Crippen MR) is 69.3 cm³/mol. The number of carboxylic acids is 1. The third kappa shape index (κ3) is 2.83. The van der Waals surface area contributed by atoms with Crippen LogP contribution in [-0.2, 0) is 4.79 Å². The number of rotatable bonds is 5. The molecule has 2 rings (SSSR count). The van der Waals surface area contributed by atoms with Gasteiger partial charge in [-0.25, -0.2) is 4.68 Å². The normalized spacial score (nSPS) is 12.8. The van der Waals surface area contributed by atoms with Crippen LogP contribution in [0.3, 0.4) is 0 Å². The summed E-state index contributed by atoms with van der Waals surface area (Å²) in [7, 11) is 0. The molecular weight excluding hydrogens is 316 g/mol. The van der Waals surface area contributed by atoms with Gasteiger partial charge in [-0.1, -0.05) is 13.8 Å². The van der Waals surface area contributed by atoms with Gasteiger partial charge in [0.2, 0.25) is 0 Å². The summed E-state index contributed by atoms with van der Waals surface area (Å²) in [6.07, 6.45) is 1.48. The Bertz CT molecular complexity index is 578. The van der Waals surface area contributed by atoms with Gasteiger partial charge in [0.05, 0.1) is 24.3 Å². The van der Waals surface area contributed by atoms with Crippen molar-refractivity contribution in [3.05, 3.63) is 17.0 Å². The van der Waals surface area contributed by atoms with E-state index in [0.29, 0.717) is 16.1 Å². The summed E-state index contributed by atoms with van der Waals surface area (Å²) in [5, 5.41) is 20.5. The SMILES string of the molecule is CC(C)C(CC(=O)O)n1nnnc1-c1ccoc1Br. The molecule has 2 heterocycles. The average molecular weight is 329 g/mol. The van der Waals surface area contributed by atoms with Gasteiger partial charge in [-0.2, -0.15) is 0 Å². The topological polar surface area (TPSA) is 94.0 Å². The molecule has 0 bridgehead atoms. The number of furan rings is 1. The van der Waals surface area contributed by atoms with Gasteiger partial charge in [-0.3, -0.25) is 4.79 Å². The molecule has 0 aliphatic heterocycles. The number of aromatic nitrogens is 4. The van der Waals surface area contributed by atoms with Crippen LogP contribution in [0.1, 0.15) is 26.3 Å². The minimum atomic E-state index is -0.883. The van der Waals surface area contributed by atoms with Gasteiger partial charge in [-0.05, 0) is 38.3 Å². The molecule has 1 atom stereocenters. The Hall–Kier alpha value is -1.70. The summed E-state index contributed by atoms with van der Waals surface area (Å²) in [5.74, 6) is -0.309. The van der Waals surface area contributed by atoms with Gasteiger partial charge < -0.3 is 9.52 Å². The molecule has 8 heteroatoms. The summed E-state index contributed by atoms with van der Waals surface area (Å²) in [4.78, 5) is 11.0. The average Bonchev–Trinajstić information content (AvgIpc) is 2.93. The Labute approximate surface area is 117 Å². The zero-order valence-corrected chi connectivity index (χ0v) is 12.0. The number of carboxylic acid groups (broad SMARTS) is 1. The zero-order chi connectivity index (χ0) is 14.0. The zero-order valence-electron chi connectivity index (χ0n) is 10.4. The minimum Gasteiger partial charge on any atom is -0.481 e. The van der Waals surface area contributed by atoms with E-state index in [1.165, 1.54) is 10.9 Å². The van der Waals surface area contributed by atoms with Crippen molar-refractivity contribution in [3.8, 4) is 11.4 Å². The molecule has 1 N–H and O–H groups in total. The lowest BCUT2D eigenvalue weighted by molar-refractivity contribution is -0.138. The molecule has 1 unspecified atom stereocenters. The molecule has 7 nitrogen and oxygen atoms in total. The van der Waals surface area contributed by atoms with Crippen molar-refractivity contribution in [1.82, 2.24) is 20.2 Å². The van der Waals surface area contributed by atoms with Crippen LogP contribution in [0, 0.1) is 5.92 Å². The fourth-order valence-electron chi connectivity index (χ4n) is 1.83. The van der Waals surface area contributed by atoms with Gasteiger partial charge in [0.1, 0.15) is 0 Å². The molecular formula is C11H13BrN4O3. The van der Waals surface area contributed by atoms with Crippen LogP contribution in [0.5, 0.6) is 0 Å². The molecule has 0 aromatic carbocycles. The van der Waals surface area contributed by atoms with E-state index < -0.39 is 5.97 Å². The number of tetrazole rings is 1. The van der Waals surface area contributed by atoms with Gasteiger partial charge in [-0.15, -0.1) is 5.10 Å². The highest BCUT2D eigenvalue weighted by molar-refractivity contribution is 9.10. The van der Waals surface area contributed by atoms with Crippen LogP contribution in [0.2, 0.25) is 0 Å². The van der Waals surface area contributed by atoms with E-state index in [-0.39, 0.29) is 18.4 Å². The quantitative estimate of drug-likeness (QED) is 0.905. The highest BCUT2D eigenvalue weighted by Crippen LogP contribution is 2.31. The Morgan fingerprint density at radius 3 is 2.84 bits per heavy atom. The predicted octanol–water partition coefficient (Wildman–Crippen LogP) is 2.37. The smallest absolute Gasteiger partial charge is 0.305 e. The van der Waals surface area contributed by atoms with E-state index in [4.69, 9.17) is 9.52 Å². The largest absolute Gasteiger partial charge is 0.481 e. The molecule has 0 aliphatic rings. The van der Waals surface area contributed by atoms with Gasteiger partial charge in [0.25, 0.3) is 0 Å². The second-order valence-corrected chi connectivity index (χ2v) is 5.18. The molecule has 2 aromatic heterocycles. The highest BCUT2D eigenvalue weighted by Gasteiger charge is 2.25. The lowest BCUT2D eigenvalue weighted by atomic mass is 10.0. The summed E-state index contributed by atoms with van der Waals surface area (Å²) < 4.78 is 7.21.